The minimum absolute atomic E-state index is 0.256. The monoisotopic (exact) mass is 409 g/mol. The van der Waals surface area contributed by atoms with Gasteiger partial charge in [-0.05, 0) is 43.5 Å². The van der Waals surface area contributed by atoms with Crippen molar-refractivity contribution in [3.63, 3.8) is 0 Å². The minimum atomic E-state index is -0.557. The van der Waals surface area contributed by atoms with E-state index >= 15 is 0 Å². The fraction of sp³-hybridized carbons (Fsp3) is 0.273. The van der Waals surface area contributed by atoms with Crippen LogP contribution < -0.4 is 5.73 Å². The van der Waals surface area contributed by atoms with Crippen LogP contribution in [0.25, 0.3) is 33.3 Å². The van der Waals surface area contributed by atoms with Crippen molar-refractivity contribution in [3.05, 3.63) is 42.9 Å². The van der Waals surface area contributed by atoms with Crippen LogP contribution in [0.2, 0.25) is 0 Å². The van der Waals surface area contributed by atoms with Crippen LogP contribution in [0.4, 0.5) is 5.82 Å². The third-order valence-electron chi connectivity index (χ3n) is 6.01. The Kier molecular flexibility index (Phi) is 4.02. The summed E-state index contributed by atoms with van der Waals surface area (Å²) in [6, 6.07) is 12.4. The highest BCUT2D eigenvalue weighted by atomic mass is 15.5. The van der Waals surface area contributed by atoms with Crippen LogP contribution in [-0.4, -0.2) is 30.2 Å². The first kappa shape index (κ1) is 18.8. The maximum Gasteiger partial charge on any atom is 0.126 e. The summed E-state index contributed by atoms with van der Waals surface area (Å²) in [5.41, 5.74) is 9.01. The second kappa shape index (κ2) is 6.64. The second-order valence-electron chi connectivity index (χ2n) is 8.40. The van der Waals surface area contributed by atoms with Crippen LogP contribution in [0.15, 0.2) is 42.9 Å². The number of nitrogens with two attached hydrogens (primary N) is 1. The molecular weight excluding hydrogens is 390 g/mol. The van der Waals surface area contributed by atoms with Gasteiger partial charge in [-0.2, -0.15) is 30.6 Å². The van der Waals surface area contributed by atoms with Gasteiger partial charge in [0.15, 0.2) is 0 Å². The molecule has 4 aromatic rings. The minimum Gasteiger partial charge on any atom is -0.384 e. The highest BCUT2D eigenvalue weighted by Crippen LogP contribution is 2.53. The van der Waals surface area contributed by atoms with Crippen molar-refractivity contribution in [2.75, 3.05) is 5.73 Å². The molecule has 1 aliphatic rings. The molecule has 0 bridgehead atoms. The Balaban J connectivity index is 1.63. The van der Waals surface area contributed by atoms with Gasteiger partial charge in [-0.1, -0.05) is 6.07 Å². The maximum atomic E-state index is 9.43. The number of aromatic amines is 1. The van der Waals surface area contributed by atoms with Gasteiger partial charge >= 0.3 is 0 Å². The van der Waals surface area contributed by atoms with Gasteiger partial charge in [0, 0.05) is 22.7 Å². The molecule has 1 saturated carbocycles. The predicted molar refractivity (Wildman–Crippen MR) is 114 cm³/mol. The summed E-state index contributed by atoms with van der Waals surface area (Å²) in [5.74, 6) is 0.475. The van der Waals surface area contributed by atoms with Crippen LogP contribution in [0, 0.1) is 28.1 Å². The number of nitriles is 2. The van der Waals surface area contributed by atoms with E-state index in [1.807, 2.05) is 31.2 Å². The van der Waals surface area contributed by atoms with Crippen molar-refractivity contribution in [1.29, 1.82) is 10.5 Å². The van der Waals surface area contributed by atoms with Crippen molar-refractivity contribution in [1.82, 2.24) is 30.2 Å². The molecule has 3 N–H and O–H groups in total. The molecule has 0 unspecified atom stereocenters. The average molecular weight is 409 g/mol. The van der Waals surface area contributed by atoms with Crippen LogP contribution in [0.5, 0.6) is 0 Å². The summed E-state index contributed by atoms with van der Waals surface area (Å²) < 4.78 is 0. The van der Waals surface area contributed by atoms with Crippen LogP contribution >= 0.6 is 0 Å². The Morgan fingerprint density at radius 3 is 2.77 bits per heavy atom. The van der Waals surface area contributed by atoms with E-state index < -0.39 is 11.0 Å². The molecule has 152 valence electrons. The number of nitrogen functional groups attached to an aromatic ring is 1. The summed E-state index contributed by atoms with van der Waals surface area (Å²) in [4.78, 5) is 6.12. The Labute approximate surface area is 178 Å². The molecule has 0 atom stereocenters. The molecule has 31 heavy (non-hydrogen) atoms. The topological polar surface area (TPSA) is 146 Å². The maximum absolute atomic E-state index is 9.43. The van der Waals surface area contributed by atoms with Gasteiger partial charge in [-0.25, -0.2) is 0 Å². The SMILES string of the molecule is CC1(C#N)CC(CC#N)(n2ncc(-c3cc(-c4cn[nH]c4N)cc4ncccc34)n2)C1. The summed E-state index contributed by atoms with van der Waals surface area (Å²) in [6.45, 7) is 1.91. The Morgan fingerprint density at radius 1 is 1.23 bits per heavy atom. The van der Waals surface area contributed by atoms with E-state index in [0.29, 0.717) is 24.4 Å². The molecule has 3 heterocycles. The number of hydrogen-bond acceptors (Lipinski definition) is 7. The first-order chi connectivity index (χ1) is 15.0. The molecule has 1 fully saturated rings. The summed E-state index contributed by atoms with van der Waals surface area (Å²) in [7, 11) is 0. The Bertz CT molecular complexity index is 1380. The molecule has 3 aromatic heterocycles. The third-order valence-corrected chi connectivity index (χ3v) is 6.01. The van der Waals surface area contributed by atoms with Gasteiger partial charge in [0.2, 0.25) is 0 Å². The van der Waals surface area contributed by atoms with Crippen molar-refractivity contribution in [2.45, 2.75) is 31.7 Å². The zero-order chi connectivity index (χ0) is 21.6. The zero-order valence-corrected chi connectivity index (χ0v) is 16.9. The van der Waals surface area contributed by atoms with Gasteiger partial charge in [-0.15, -0.1) is 0 Å². The lowest BCUT2D eigenvalue weighted by atomic mass is 9.58. The molecular formula is C22H19N9. The van der Waals surface area contributed by atoms with Gasteiger partial charge in [0.1, 0.15) is 11.5 Å². The fourth-order valence-electron chi connectivity index (χ4n) is 4.66. The molecule has 1 aliphatic carbocycles. The van der Waals surface area contributed by atoms with Gasteiger partial charge < -0.3 is 5.73 Å². The number of rotatable bonds is 4. The van der Waals surface area contributed by atoms with Crippen LogP contribution in [0.1, 0.15) is 26.2 Å². The zero-order valence-electron chi connectivity index (χ0n) is 16.9. The standard InChI is InChI=1S/C22H19N9/c1-21(13-24)11-22(12-21,4-5-23)31-28-10-19(30-31)16-7-14(17-9-27-29-20(17)25)8-18-15(16)3-2-6-26-18/h2-3,6-10H,4,11-12H2,1H3,(H3,25,27,29). The average Bonchev–Trinajstić information content (AvgIpc) is 3.41. The van der Waals surface area contributed by atoms with Gasteiger partial charge in [-0.3, -0.25) is 10.1 Å². The van der Waals surface area contributed by atoms with E-state index in [-0.39, 0.29) is 6.42 Å². The first-order valence-corrected chi connectivity index (χ1v) is 9.86. The van der Waals surface area contributed by atoms with Crippen molar-refractivity contribution >= 4 is 16.7 Å². The Morgan fingerprint density at radius 2 is 2.06 bits per heavy atom. The number of anilines is 1. The molecule has 0 amide bonds. The molecule has 9 nitrogen and oxygen atoms in total. The summed E-state index contributed by atoms with van der Waals surface area (Å²) >= 11 is 0. The van der Waals surface area contributed by atoms with E-state index in [0.717, 1.165) is 27.6 Å². The number of fused-ring (bicyclic) bond motifs is 1. The third kappa shape index (κ3) is 2.90. The highest BCUT2D eigenvalue weighted by molar-refractivity contribution is 5.97. The van der Waals surface area contributed by atoms with Crippen molar-refractivity contribution in [2.24, 2.45) is 5.41 Å². The number of hydrogen-bond donors (Lipinski definition) is 2. The van der Waals surface area contributed by atoms with Crippen molar-refractivity contribution < 1.29 is 0 Å². The number of H-pyrrole nitrogens is 1. The van der Waals surface area contributed by atoms with E-state index in [9.17, 15) is 10.5 Å². The van der Waals surface area contributed by atoms with E-state index in [1.54, 1.807) is 23.4 Å². The molecule has 9 heteroatoms. The normalized spacial score (nSPS) is 22.5. The van der Waals surface area contributed by atoms with Crippen LogP contribution in [0.3, 0.4) is 0 Å². The quantitative estimate of drug-likeness (QED) is 0.525. The lowest BCUT2D eigenvalue weighted by Gasteiger charge is -2.48. The van der Waals surface area contributed by atoms with Gasteiger partial charge in [0.05, 0.1) is 47.4 Å². The van der Waals surface area contributed by atoms with E-state index in [4.69, 9.17) is 10.8 Å². The number of aromatic nitrogens is 6. The van der Waals surface area contributed by atoms with E-state index in [1.165, 1.54) is 0 Å². The molecule has 0 aliphatic heterocycles. The smallest absolute Gasteiger partial charge is 0.126 e. The number of benzene rings is 1. The molecule has 1 aromatic carbocycles. The fourth-order valence-corrected chi connectivity index (χ4v) is 4.66. The molecule has 0 radical (unpaired) electrons. The lowest BCUT2D eigenvalue weighted by Crippen LogP contribution is -2.52. The van der Waals surface area contributed by atoms with Crippen molar-refractivity contribution in [3.8, 4) is 34.5 Å². The summed E-state index contributed by atoms with van der Waals surface area (Å²) in [5, 5.41) is 35.8. The predicted octanol–water partition coefficient (Wildman–Crippen LogP) is 3.40. The number of pyridine rings is 1. The largest absolute Gasteiger partial charge is 0.384 e. The molecule has 0 saturated heterocycles. The number of nitrogens with one attached hydrogen (secondary N) is 1. The lowest BCUT2D eigenvalue weighted by molar-refractivity contribution is 0.00748. The van der Waals surface area contributed by atoms with Crippen LogP contribution in [-0.2, 0) is 5.54 Å². The molecule has 0 spiro atoms. The molecule has 5 rings (SSSR count). The summed E-state index contributed by atoms with van der Waals surface area (Å²) in [6.07, 6.45) is 6.47. The first-order valence-electron chi connectivity index (χ1n) is 9.86. The Hall–Kier alpha value is -4.24. The second-order valence-corrected chi connectivity index (χ2v) is 8.40. The van der Waals surface area contributed by atoms with E-state index in [2.05, 4.69) is 32.4 Å². The highest BCUT2D eigenvalue weighted by Gasteiger charge is 2.55. The number of nitrogens with zero attached hydrogens (tertiary/aromatic N) is 7. The van der Waals surface area contributed by atoms with Gasteiger partial charge in [0.25, 0.3) is 0 Å².